The molecule has 0 saturated heterocycles. The number of amides is 1. The second kappa shape index (κ2) is 6.51. The molecule has 0 atom stereocenters. The summed E-state index contributed by atoms with van der Waals surface area (Å²) < 4.78 is 5.17. The molecule has 0 saturated carbocycles. The van der Waals surface area contributed by atoms with Gasteiger partial charge in [0, 0.05) is 25.3 Å². The number of nitro groups is 1. The molecule has 108 valence electrons. The largest absolute Gasteiger partial charge is 0.467 e. The van der Waals surface area contributed by atoms with Crippen LogP contribution < -0.4 is 0 Å². The normalized spacial score (nSPS) is 10.7. The average Bonchev–Trinajstić information content (AvgIpc) is 2.97. The highest BCUT2D eigenvalue weighted by molar-refractivity contribution is 5.91. The second-order valence-corrected chi connectivity index (χ2v) is 4.46. The van der Waals surface area contributed by atoms with E-state index in [0.717, 1.165) is 0 Å². The van der Waals surface area contributed by atoms with Crippen molar-refractivity contribution in [2.45, 2.75) is 6.54 Å². The van der Waals surface area contributed by atoms with E-state index in [1.54, 1.807) is 43.7 Å². The molecule has 1 amide bonds. The maximum atomic E-state index is 11.9. The van der Waals surface area contributed by atoms with Gasteiger partial charge in [-0.15, -0.1) is 0 Å². The molecule has 6 heteroatoms. The van der Waals surface area contributed by atoms with Crippen molar-refractivity contribution in [3.63, 3.8) is 0 Å². The van der Waals surface area contributed by atoms with Gasteiger partial charge < -0.3 is 9.32 Å². The van der Waals surface area contributed by atoms with E-state index in [1.165, 1.54) is 23.1 Å². The van der Waals surface area contributed by atoms with Crippen LogP contribution in [0.3, 0.4) is 0 Å². The fraction of sp³-hybridized carbons (Fsp3) is 0.133. The Morgan fingerprint density at radius 2 is 2.19 bits per heavy atom. The van der Waals surface area contributed by atoms with E-state index >= 15 is 0 Å². The van der Waals surface area contributed by atoms with E-state index in [2.05, 4.69) is 0 Å². The lowest BCUT2D eigenvalue weighted by Gasteiger charge is -2.12. The van der Waals surface area contributed by atoms with Gasteiger partial charge in [0.05, 0.1) is 17.7 Å². The first-order chi connectivity index (χ1) is 10.1. The first kappa shape index (κ1) is 14.5. The molecular weight excluding hydrogens is 272 g/mol. The van der Waals surface area contributed by atoms with E-state index in [-0.39, 0.29) is 11.6 Å². The fourth-order valence-corrected chi connectivity index (χ4v) is 1.75. The highest BCUT2D eigenvalue weighted by Crippen LogP contribution is 2.14. The summed E-state index contributed by atoms with van der Waals surface area (Å²) in [4.78, 5) is 23.6. The Bertz CT molecular complexity index is 662. The predicted octanol–water partition coefficient (Wildman–Crippen LogP) is 2.86. The molecule has 0 N–H and O–H groups in total. The topological polar surface area (TPSA) is 76.6 Å². The van der Waals surface area contributed by atoms with E-state index in [9.17, 15) is 14.9 Å². The molecule has 1 aromatic heterocycles. The van der Waals surface area contributed by atoms with Crippen LogP contribution in [-0.2, 0) is 11.3 Å². The Kier molecular flexibility index (Phi) is 4.50. The van der Waals surface area contributed by atoms with Crippen molar-refractivity contribution >= 4 is 17.7 Å². The molecule has 0 aliphatic heterocycles. The molecule has 0 radical (unpaired) electrons. The molecule has 0 fully saturated rings. The number of hydrogen-bond acceptors (Lipinski definition) is 4. The Balaban J connectivity index is 2.01. The van der Waals surface area contributed by atoms with Crippen molar-refractivity contribution in [1.82, 2.24) is 4.90 Å². The number of carbonyl (C=O) groups excluding carboxylic acids is 1. The number of likely N-dealkylation sites (N-methyl/N-ethyl adjacent to an activating group) is 1. The average molecular weight is 286 g/mol. The molecule has 1 heterocycles. The minimum absolute atomic E-state index is 0.00598. The SMILES string of the molecule is CN(Cc1ccco1)C(=O)/C=C/c1cccc([N+](=O)[O-])c1. The van der Waals surface area contributed by atoms with Gasteiger partial charge in [-0.25, -0.2) is 0 Å². The van der Waals surface area contributed by atoms with Crippen molar-refractivity contribution in [1.29, 1.82) is 0 Å². The quantitative estimate of drug-likeness (QED) is 0.481. The summed E-state index contributed by atoms with van der Waals surface area (Å²) in [5.41, 5.74) is 0.595. The third-order valence-corrected chi connectivity index (χ3v) is 2.85. The number of hydrogen-bond donors (Lipinski definition) is 0. The molecular formula is C15H14N2O4. The van der Waals surface area contributed by atoms with Gasteiger partial charge in [-0.2, -0.15) is 0 Å². The molecule has 0 aliphatic rings. The summed E-state index contributed by atoms with van der Waals surface area (Å²) in [5, 5.41) is 10.7. The predicted molar refractivity (Wildman–Crippen MR) is 77.3 cm³/mol. The Morgan fingerprint density at radius 1 is 1.38 bits per heavy atom. The van der Waals surface area contributed by atoms with Gasteiger partial charge in [-0.3, -0.25) is 14.9 Å². The van der Waals surface area contributed by atoms with Crippen molar-refractivity contribution in [3.05, 3.63) is 70.2 Å². The van der Waals surface area contributed by atoms with E-state index < -0.39 is 4.92 Å². The van der Waals surface area contributed by atoms with Gasteiger partial charge in [0.1, 0.15) is 5.76 Å². The highest BCUT2D eigenvalue weighted by Gasteiger charge is 2.08. The number of benzene rings is 1. The summed E-state index contributed by atoms with van der Waals surface area (Å²) in [6.07, 6.45) is 4.47. The van der Waals surface area contributed by atoms with Gasteiger partial charge in [-0.05, 0) is 23.8 Å². The maximum absolute atomic E-state index is 11.9. The molecule has 1 aromatic carbocycles. The maximum Gasteiger partial charge on any atom is 0.270 e. The van der Waals surface area contributed by atoms with Crippen LogP contribution in [0.1, 0.15) is 11.3 Å². The zero-order valence-corrected chi connectivity index (χ0v) is 11.4. The number of nitro benzene ring substituents is 1. The van der Waals surface area contributed by atoms with Gasteiger partial charge in [0.2, 0.25) is 5.91 Å². The van der Waals surface area contributed by atoms with Crippen LogP contribution in [0.2, 0.25) is 0 Å². The number of furan rings is 1. The summed E-state index contributed by atoms with van der Waals surface area (Å²) in [5.74, 6) is 0.479. The Morgan fingerprint density at radius 3 is 2.86 bits per heavy atom. The Labute approximate surface area is 121 Å². The standard InChI is InChI=1S/C15H14N2O4/c1-16(11-14-6-3-9-21-14)15(18)8-7-12-4-2-5-13(10-12)17(19)20/h2-10H,11H2,1H3/b8-7+. The minimum atomic E-state index is -0.470. The Hall–Kier alpha value is -2.89. The minimum Gasteiger partial charge on any atom is -0.467 e. The van der Waals surface area contributed by atoms with Crippen LogP contribution in [0.5, 0.6) is 0 Å². The molecule has 2 rings (SSSR count). The first-order valence-electron chi connectivity index (χ1n) is 6.26. The molecule has 21 heavy (non-hydrogen) atoms. The van der Waals surface area contributed by atoms with E-state index in [4.69, 9.17) is 4.42 Å². The number of rotatable bonds is 5. The van der Waals surface area contributed by atoms with Gasteiger partial charge in [0.25, 0.3) is 5.69 Å². The van der Waals surface area contributed by atoms with Crippen molar-refractivity contribution in [3.8, 4) is 0 Å². The number of nitrogens with zero attached hydrogens (tertiary/aromatic N) is 2. The van der Waals surface area contributed by atoms with Crippen LogP contribution in [0, 0.1) is 10.1 Å². The van der Waals surface area contributed by atoms with Crippen molar-refractivity contribution in [2.24, 2.45) is 0 Å². The summed E-state index contributed by atoms with van der Waals surface area (Å²) in [6.45, 7) is 0.366. The lowest BCUT2D eigenvalue weighted by Crippen LogP contribution is -2.23. The monoisotopic (exact) mass is 286 g/mol. The van der Waals surface area contributed by atoms with Crippen molar-refractivity contribution < 1.29 is 14.1 Å². The third-order valence-electron chi connectivity index (χ3n) is 2.85. The van der Waals surface area contributed by atoms with Crippen LogP contribution in [0.15, 0.2) is 53.2 Å². The highest BCUT2D eigenvalue weighted by atomic mass is 16.6. The van der Waals surface area contributed by atoms with Gasteiger partial charge >= 0.3 is 0 Å². The zero-order chi connectivity index (χ0) is 15.2. The van der Waals surface area contributed by atoms with Crippen LogP contribution in [0.25, 0.3) is 6.08 Å². The second-order valence-electron chi connectivity index (χ2n) is 4.46. The van der Waals surface area contributed by atoms with Crippen molar-refractivity contribution in [2.75, 3.05) is 7.05 Å². The van der Waals surface area contributed by atoms with Gasteiger partial charge in [0.15, 0.2) is 0 Å². The molecule has 6 nitrogen and oxygen atoms in total. The smallest absolute Gasteiger partial charge is 0.270 e. The fourth-order valence-electron chi connectivity index (χ4n) is 1.75. The first-order valence-corrected chi connectivity index (χ1v) is 6.26. The summed E-state index contributed by atoms with van der Waals surface area (Å²) in [7, 11) is 1.66. The number of carbonyl (C=O) groups is 1. The third kappa shape index (κ3) is 4.04. The molecule has 2 aromatic rings. The van der Waals surface area contributed by atoms with Crippen LogP contribution in [0.4, 0.5) is 5.69 Å². The lowest BCUT2D eigenvalue weighted by molar-refractivity contribution is -0.384. The molecule has 0 aliphatic carbocycles. The molecule has 0 spiro atoms. The summed E-state index contributed by atoms with van der Waals surface area (Å²) in [6, 6.07) is 9.64. The van der Waals surface area contributed by atoms with E-state index in [1.807, 2.05) is 0 Å². The van der Waals surface area contributed by atoms with E-state index in [0.29, 0.717) is 17.9 Å². The summed E-state index contributed by atoms with van der Waals surface area (Å²) >= 11 is 0. The number of non-ortho nitro benzene ring substituents is 1. The molecule has 0 bridgehead atoms. The van der Waals surface area contributed by atoms with Gasteiger partial charge in [-0.1, -0.05) is 12.1 Å². The molecule has 0 unspecified atom stereocenters. The zero-order valence-electron chi connectivity index (χ0n) is 11.4. The van der Waals surface area contributed by atoms with Crippen LogP contribution >= 0.6 is 0 Å². The van der Waals surface area contributed by atoms with Crippen LogP contribution in [-0.4, -0.2) is 22.8 Å². The lowest BCUT2D eigenvalue weighted by atomic mass is 10.2.